The number of hydrogen-bond acceptors (Lipinski definition) is 3. The molecule has 1 amide bonds. The highest BCUT2D eigenvalue weighted by Gasteiger charge is 2.14. The van der Waals surface area contributed by atoms with Gasteiger partial charge in [0.15, 0.2) is 12.4 Å². The molecule has 3 rings (SSSR count). The van der Waals surface area contributed by atoms with Crippen LogP contribution in [0.4, 0.5) is 0 Å². The summed E-state index contributed by atoms with van der Waals surface area (Å²) < 4.78 is 7.21. The summed E-state index contributed by atoms with van der Waals surface area (Å²) in [5, 5.41) is 2.90. The van der Waals surface area contributed by atoms with Crippen molar-refractivity contribution in [2.75, 3.05) is 13.2 Å². The Kier molecular flexibility index (Phi) is 6.85. The van der Waals surface area contributed by atoms with Crippen LogP contribution in [0.25, 0.3) is 0 Å². The Morgan fingerprint density at radius 1 is 1.03 bits per heavy atom. The summed E-state index contributed by atoms with van der Waals surface area (Å²) in [6.45, 7) is 2.18. The van der Waals surface area contributed by atoms with Crippen molar-refractivity contribution in [1.82, 2.24) is 9.88 Å². The van der Waals surface area contributed by atoms with Crippen molar-refractivity contribution in [2.45, 2.75) is 19.3 Å². The highest BCUT2D eigenvalue weighted by molar-refractivity contribution is 5.77. The van der Waals surface area contributed by atoms with Gasteiger partial charge >= 0.3 is 0 Å². The number of hydrogen-bond donors (Lipinski definition) is 1. The van der Waals surface area contributed by atoms with Crippen molar-refractivity contribution >= 4 is 5.91 Å². The van der Waals surface area contributed by atoms with E-state index in [0.29, 0.717) is 6.54 Å². The zero-order chi connectivity index (χ0) is 20.6. The molecule has 5 heteroatoms. The van der Waals surface area contributed by atoms with E-state index in [4.69, 9.17) is 4.74 Å². The number of rotatable bonds is 8. The molecule has 0 unspecified atom stereocenters. The normalized spacial score (nSPS) is 10.7. The average Bonchev–Trinajstić information content (AvgIpc) is 2.74. The van der Waals surface area contributed by atoms with Crippen LogP contribution in [0.3, 0.4) is 0 Å². The predicted octanol–water partition coefficient (Wildman–Crippen LogP) is 3.41. The molecule has 0 aliphatic rings. The molecule has 0 spiro atoms. The van der Waals surface area contributed by atoms with Crippen molar-refractivity contribution in [1.29, 1.82) is 0 Å². The van der Waals surface area contributed by atoms with Crippen LogP contribution in [0, 0.1) is 6.92 Å². The summed E-state index contributed by atoms with van der Waals surface area (Å²) in [5.41, 5.74) is 3.04. The van der Waals surface area contributed by atoms with E-state index in [2.05, 4.69) is 29.6 Å². The number of carbonyl (C=O) groups excluding carboxylic acids is 1. The minimum Gasteiger partial charge on any atom is -0.478 e. The third-order valence-corrected chi connectivity index (χ3v) is 4.97. The van der Waals surface area contributed by atoms with Gasteiger partial charge < -0.3 is 14.6 Å². The Bertz CT molecular complexity index is 958. The molecule has 0 fully saturated rings. The number of pyridine rings is 1. The first-order valence-corrected chi connectivity index (χ1v) is 9.71. The summed E-state index contributed by atoms with van der Waals surface area (Å²) in [4.78, 5) is 24.1. The molecule has 3 aromatic rings. The zero-order valence-electron chi connectivity index (χ0n) is 16.8. The molecule has 0 atom stereocenters. The van der Waals surface area contributed by atoms with Crippen molar-refractivity contribution in [3.05, 3.63) is 100.0 Å². The van der Waals surface area contributed by atoms with Crippen LogP contribution in [0.15, 0.2) is 77.7 Å². The van der Waals surface area contributed by atoms with Gasteiger partial charge in [-0.05, 0) is 24.5 Å². The van der Waals surface area contributed by atoms with Gasteiger partial charge in [-0.15, -0.1) is 0 Å². The number of nitrogens with one attached hydrogen (secondary N) is 1. The van der Waals surface area contributed by atoms with Crippen molar-refractivity contribution in [3.8, 4) is 5.75 Å². The van der Waals surface area contributed by atoms with Gasteiger partial charge in [-0.25, -0.2) is 0 Å². The van der Waals surface area contributed by atoms with Gasteiger partial charge in [-0.3, -0.25) is 9.59 Å². The summed E-state index contributed by atoms with van der Waals surface area (Å²) in [6, 6.07) is 22.0. The monoisotopic (exact) mass is 390 g/mol. The Morgan fingerprint density at radius 3 is 2.21 bits per heavy atom. The average molecular weight is 390 g/mol. The molecule has 1 N–H and O–H groups in total. The highest BCUT2D eigenvalue weighted by Crippen LogP contribution is 2.27. The van der Waals surface area contributed by atoms with E-state index in [1.54, 1.807) is 10.8 Å². The number of ether oxygens (including phenoxy) is 1. The van der Waals surface area contributed by atoms with Crippen LogP contribution in [0.1, 0.15) is 29.2 Å². The molecule has 2 aromatic carbocycles. The van der Waals surface area contributed by atoms with Crippen LogP contribution in [-0.4, -0.2) is 23.6 Å². The number of carbonyl (C=O) groups is 1. The first kappa shape index (κ1) is 20.4. The number of aromatic nitrogens is 1. The molecule has 0 saturated carbocycles. The number of aryl methyl sites for hydroxylation is 2. The van der Waals surface area contributed by atoms with Crippen molar-refractivity contribution < 1.29 is 9.53 Å². The second kappa shape index (κ2) is 9.73. The standard InChI is InChI=1S/C24H26N2O3/c1-18-15-22(27)23(16-26(18)2)29-17-24(28)25-14-13-21(19-9-5-3-6-10-19)20-11-7-4-8-12-20/h3-12,15-16,21H,13-14,17H2,1-2H3,(H,25,28). The number of benzene rings is 2. The van der Waals surface area contributed by atoms with Crippen molar-refractivity contribution in [2.24, 2.45) is 7.05 Å². The SMILES string of the molecule is Cc1cc(=O)c(OCC(=O)NCCC(c2ccccc2)c2ccccc2)cn1C. The van der Waals surface area contributed by atoms with Gasteiger partial charge in [0.2, 0.25) is 5.43 Å². The van der Waals surface area contributed by atoms with Crippen LogP contribution >= 0.6 is 0 Å². The molecular formula is C24H26N2O3. The maximum Gasteiger partial charge on any atom is 0.257 e. The van der Waals surface area contributed by atoms with E-state index in [1.165, 1.54) is 17.2 Å². The first-order chi connectivity index (χ1) is 14.0. The third-order valence-electron chi connectivity index (χ3n) is 4.97. The molecular weight excluding hydrogens is 364 g/mol. The first-order valence-electron chi connectivity index (χ1n) is 9.71. The lowest BCUT2D eigenvalue weighted by Crippen LogP contribution is -2.31. The smallest absolute Gasteiger partial charge is 0.257 e. The van der Waals surface area contributed by atoms with Crippen LogP contribution in [0.2, 0.25) is 0 Å². The molecule has 5 nitrogen and oxygen atoms in total. The van der Waals surface area contributed by atoms with E-state index in [9.17, 15) is 9.59 Å². The Labute approximate surface area is 171 Å². The van der Waals surface area contributed by atoms with Gasteiger partial charge in [0, 0.05) is 37.5 Å². The Morgan fingerprint density at radius 2 is 1.62 bits per heavy atom. The maximum absolute atomic E-state index is 12.2. The Hall–Kier alpha value is -3.34. The largest absolute Gasteiger partial charge is 0.478 e. The zero-order valence-corrected chi connectivity index (χ0v) is 16.8. The predicted molar refractivity (Wildman–Crippen MR) is 114 cm³/mol. The lowest BCUT2D eigenvalue weighted by Gasteiger charge is -2.18. The third kappa shape index (κ3) is 5.57. The molecule has 0 saturated heterocycles. The molecule has 29 heavy (non-hydrogen) atoms. The van der Waals surface area contributed by atoms with Gasteiger partial charge in [0.1, 0.15) is 0 Å². The summed E-state index contributed by atoms with van der Waals surface area (Å²) >= 11 is 0. The van der Waals surface area contributed by atoms with Gasteiger partial charge in [-0.1, -0.05) is 60.7 Å². The lowest BCUT2D eigenvalue weighted by atomic mass is 9.88. The Balaban J connectivity index is 1.56. The van der Waals surface area contributed by atoms with E-state index in [1.807, 2.05) is 50.4 Å². The molecule has 0 radical (unpaired) electrons. The fourth-order valence-corrected chi connectivity index (χ4v) is 3.26. The van der Waals surface area contributed by atoms with Gasteiger partial charge in [-0.2, -0.15) is 0 Å². The quantitative estimate of drug-likeness (QED) is 0.641. The highest BCUT2D eigenvalue weighted by atomic mass is 16.5. The van der Waals surface area contributed by atoms with Crippen LogP contribution < -0.4 is 15.5 Å². The van der Waals surface area contributed by atoms with E-state index < -0.39 is 0 Å². The minimum absolute atomic E-state index is 0.180. The van der Waals surface area contributed by atoms with Crippen LogP contribution in [0.5, 0.6) is 5.75 Å². The maximum atomic E-state index is 12.2. The second-order valence-corrected chi connectivity index (χ2v) is 7.06. The summed E-state index contributed by atoms with van der Waals surface area (Å²) in [6.07, 6.45) is 2.37. The van der Waals surface area contributed by atoms with E-state index in [-0.39, 0.29) is 29.6 Å². The van der Waals surface area contributed by atoms with Gasteiger partial charge in [0.25, 0.3) is 5.91 Å². The fourth-order valence-electron chi connectivity index (χ4n) is 3.26. The van der Waals surface area contributed by atoms with Crippen molar-refractivity contribution in [3.63, 3.8) is 0 Å². The molecule has 1 aromatic heterocycles. The topological polar surface area (TPSA) is 60.3 Å². The summed E-state index contributed by atoms with van der Waals surface area (Å²) in [5.74, 6) is 0.134. The lowest BCUT2D eigenvalue weighted by molar-refractivity contribution is -0.123. The van der Waals surface area contributed by atoms with Gasteiger partial charge in [0.05, 0.1) is 0 Å². The summed E-state index contributed by atoms with van der Waals surface area (Å²) in [7, 11) is 1.83. The van der Waals surface area contributed by atoms with E-state index in [0.717, 1.165) is 12.1 Å². The molecule has 0 aliphatic carbocycles. The molecule has 0 aliphatic heterocycles. The fraction of sp³-hybridized carbons (Fsp3) is 0.250. The van der Waals surface area contributed by atoms with Crippen LogP contribution in [-0.2, 0) is 11.8 Å². The van der Waals surface area contributed by atoms with E-state index >= 15 is 0 Å². The number of amides is 1. The molecule has 1 heterocycles. The minimum atomic E-state index is -0.243. The molecule has 150 valence electrons. The number of nitrogens with zero attached hydrogens (tertiary/aromatic N) is 1. The second-order valence-electron chi connectivity index (χ2n) is 7.06. The molecule has 0 bridgehead atoms.